The zero-order valence-electron chi connectivity index (χ0n) is 10.0. The van der Waals surface area contributed by atoms with Crippen LogP contribution in [0.4, 0.5) is 5.69 Å². The van der Waals surface area contributed by atoms with E-state index in [0.717, 1.165) is 0 Å². The average Bonchev–Trinajstić information content (AvgIpc) is 2.86. The first-order valence-electron chi connectivity index (χ1n) is 5.55. The molecular formula is C11H11BrN4O3. The van der Waals surface area contributed by atoms with E-state index in [2.05, 4.69) is 26.1 Å². The minimum absolute atomic E-state index is 0.0519. The highest BCUT2D eigenvalue weighted by Gasteiger charge is 2.17. The monoisotopic (exact) mass is 326 g/mol. The SMILES string of the molecule is CCC(N)c1nnc(-c2cc(Br)cc([N+](=O)[O-])c2)o1. The molecule has 1 unspecified atom stereocenters. The Morgan fingerprint density at radius 1 is 1.47 bits per heavy atom. The molecule has 0 fully saturated rings. The maximum atomic E-state index is 10.8. The smallest absolute Gasteiger partial charge is 0.271 e. The van der Waals surface area contributed by atoms with Gasteiger partial charge in [-0.1, -0.05) is 22.9 Å². The summed E-state index contributed by atoms with van der Waals surface area (Å²) in [5, 5.41) is 18.5. The number of nitro groups is 1. The zero-order chi connectivity index (χ0) is 14.0. The quantitative estimate of drug-likeness (QED) is 0.683. The number of non-ortho nitro benzene ring substituents is 1. The minimum atomic E-state index is -0.483. The average molecular weight is 327 g/mol. The Bertz CT molecular complexity index is 614. The molecule has 0 saturated heterocycles. The first kappa shape index (κ1) is 13.6. The Balaban J connectivity index is 2.41. The first-order valence-corrected chi connectivity index (χ1v) is 6.35. The second-order valence-electron chi connectivity index (χ2n) is 3.92. The first-order chi connectivity index (χ1) is 9.01. The second kappa shape index (κ2) is 5.45. The van der Waals surface area contributed by atoms with Crippen molar-refractivity contribution in [3.05, 3.63) is 38.7 Å². The molecule has 2 aromatic rings. The van der Waals surface area contributed by atoms with Crippen LogP contribution in [0.2, 0.25) is 0 Å². The lowest BCUT2D eigenvalue weighted by molar-refractivity contribution is -0.384. The number of nitrogens with zero attached hydrogens (tertiary/aromatic N) is 3. The van der Waals surface area contributed by atoms with E-state index < -0.39 is 4.92 Å². The Morgan fingerprint density at radius 2 is 2.21 bits per heavy atom. The van der Waals surface area contributed by atoms with Crippen molar-refractivity contribution in [3.8, 4) is 11.5 Å². The number of halogens is 1. The fourth-order valence-electron chi connectivity index (χ4n) is 1.48. The summed E-state index contributed by atoms with van der Waals surface area (Å²) < 4.78 is 5.99. The highest BCUT2D eigenvalue weighted by atomic mass is 79.9. The second-order valence-corrected chi connectivity index (χ2v) is 4.83. The molecular weight excluding hydrogens is 316 g/mol. The van der Waals surface area contributed by atoms with E-state index in [1.807, 2.05) is 6.92 Å². The maximum absolute atomic E-state index is 10.8. The molecule has 0 aliphatic carbocycles. The molecule has 2 rings (SSSR count). The Morgan fingerprint density at radius 3 is 2.84 bits per heavy atom. The Labute approximate surface area is 117 Å². The summed E-state index contributed by atoms with van der Waals surface area (Å²) in [7, 11) is 0. The van der Waals surface area contributed by atoms with Gasteiger partial charge in [-0.3, -0.25) is 10.1 Å². The predicted molar refractivity (Wildman–Crippen MR) is 71.3 cm³/mol. The van der Waals surface area contributed by atoms with Crippen molar-refractivity contribution in [3.63, 3.8) is 0 Å². The summed E-state index contributed by atoms with van der Waals surface area (Å²) in [6.07, 6.45) is 0.667. The topological polar surface area (TPSA) is 108 Å². The van der Waals surface area contributed by atoms with Gasteiger partial charge in [-0.2, -0.15) is 0 Å². The van der Waals surface area contributed by atoms with E-state index >= 15 is 0 Å². The van der Waals surface area contributed by atoms with Crippen molar-refractivity contribution < 1.29 is 9.34 Å². The van der Waals surface area contributed by atoms with Crippen LogP contribution < -0.4 is 5.73 Å². The van der Waals surface area contributed by atoms with Crippen molar-refractivity contribution in [1.82, 2.24) is 10.2 Å². The molecule has 100 valence electrons. The molecule has 7 nitrogen and oxygen atoms in total. The summed E-state index contributed by atoms with van der Waals surface area (Å²) >= 11 is 3.21. The molecule has 0 saturated carbocycles. The van der Waals surface area contributed by atoms with Gasteiger partial charge in [0.05, 0.1) is 11.0 Å². The third-order valence-electron chi connectivity index (χ3n) is 2.54. The number of nitro benzene ring substituents is 1. The van der Waals surface area contributed by atoms with Crippen molar-refractivity contribution in [2.24, 2.45) is 5.73 Å². The molecule has 0 radical (unpaired) electrons. The van der Waals surface area contributed by atoms with Gasteiger partial charge in [0.25, 0.3) is 5.69 Å². The van der Waals surface area contributed by atoms with Gasteiger partial charge in [-0.25, -0.2) is 0 Å². The fourth-order valence-corrected chi connectivity index (χ4v) is 1.96. The van der Waals surface area contributed by atoms with E-state index in [9.17, 15) is 10.1 Å². The summed E-state index contributed by atoms with van der Waals surface area (Å²) in [6.45, 7) is 1.90. The van der Waals surface area contributed by atoms with Crippen LogP contribution in [0.3, 0.4) is 0 Å². The molecule has 0 amide bonds. The van der Waals surface area contributed by atoms with Gasteiger partial charge >= 0.3 is 0 Å². The minimum Gasteiger partial charge on any atom is -0.419 e. The Kier molecular flexibility index (Phi) is 3.91. The van der Waals surface area contributed by atoms with Crippen molar-refractivity contribution >= 4 is 21.6 Å². The maximum Gasteiger partial charge on any atom is 0.271 e. The number of hydrogen-bond acceptors (Lipinski definition) is 6. The number of aromatic nitrogens is 2. The van der Waals surface area contributed by atoms with Crippen molar-refractivity contribution in [2.45, 2.75) is 19.4 Å². The number of benzene rings is 1. The van der Waals surface area contributed by atoms with E-state index in [4.69, 9.17) is 10.2 Å². The van der Waals surface area contributed by atoms with Crippen molar-refractivity contribution in [2.75, 3.05) is 0 Å². The molecule has 1 atom stereocenters. The summed E-state index contributed by atoms with van der Waals surface area (Å²) in [6, 6.07) is 4.11. The summed E-state index contributed by atoms with van der Waals surface area (Å²) in [4.78, 5) is 10.3. The summed E-state index contributed by atoms with van der Waals surface area (Å²) in [5.41, 5.74) is 6.20. The zero-order valence-corrected chi connectivity index (χ0v) is 11.6. The van der Waals surface area contributed by atoms with E-state index in [1.165, 1.54) is 12.1 Å². The summed E-state index contributed by atoms with van der Waals surface area (Å²) in [5.74, 6) is 0.531. The van der Waals surface area contributed by atoms with E-state index in [0.29, 0.717) is 22.3 Å². The fraction of sp³-hybridized carbons (Fsp3) is 0.273. The van der Waals surface area contributed by atoms with Crippen LogP contribution in [-0.4, -0.2) is 15.1 Å². The Hall–Kier alpha value is -1.80. The van der Waals surface area contributed by atoms with Gasteiger partial charge in [0.1, 0.15) is 0 Å². The molecule has 19 heavy (non-hydrogen) atoms. The third-order valence-corrected chi connectivity index (χ3v) is 3.00. The highest BCUT2D eigenvalue weighted by Crippen LogP contribution is 2.28. The van der Waals surface area contributed by atoms with E-state index in [-0.39, 0.29) is 17.6 Å². The van der Waals surface area contributed by atoms with Crippen LogP contribution in [0.15, 0.2) is 27.1 Å². The van der Waals surface area contributed by atoms with Crippen LogP contribution in [0.5, 0.6) is 0 Å². The number of hydrogen-bond donors (Lipinski definition) is 1. The van der Waals surface area contributed by atoms with Gasteiger partial charge in [0.15, 0.2) is 0 Å². The van der Waals surface area contributed by atoms with Crippen LogP contribution in [0.1, 0.15) is 25.3 Å². The van der Waals surface area contributed by atoms with Crippen LogP contribution in [-0.2, 0) is 0 Å². The molecule has 1 aromatic heterocycles. The van der Waals surface area contributed by atoms with Gasteiger partial charge in [-0.05, 0) is 12.5 Å². The predicted octanol–water partition coefficient (Wildman–Crippen LogP) is 2.82. The van der Waals surface area contributed by atoms with Gasteiger partial charge in [-0.15, -0.1) is 10.2 Å². The van der Waals surface area contributed by atoms with Crippen LogP contribution in [0, 0.1) is 10.1 Å². The van der Waals surface area contributed by atoms with Crippen molar-refractivity contribution in [1.29, 1.82) is 0 Å². The van der Waals surface area contributed by atoms with Gasteiger partial charge in [0, 0.05) is 22.2 Å². The lowest BCUT2D eigenvalue weighted by Gasteiger charge is -2.01. The van der Waals surface area contributed by atoms with Gasteiger partial charge in [0.2, 0.25) is 11.8 Å². The van der Waals surface area contributed by atoms with Gasteiger partial charge < -0.3 is 10.2 Å². The lowest BCUT2D eigenvalue weighted by atomic mass is 10.2. The van der Waals surface area contributed by atoms with E-state index in [1.54, 1.807) is 6.07 Å². The largest absolute Gasteiger partial charge is 0.419 e. The lowest BCUT2D eigenvalue weighted by Crippen LogP contribution is -2.08. The molecule has 0 aliphatic rings. The number of rotatable bonds is 4. The molecule has 8 heteroatoms. The highest BCUT2D eigenvalue weighted by molar-refractivity contribution is 9.10. The molecule has 0 spiro atoms. The third kappa shape index (κ3) is 2.96. The van der Waals surface area contributed by atoms with Crippen LogP contribution >= 0.6 is 15.9 Å². The van der Waals surface area contributed by atoms with Crippen LogP contribution in [0.25, 0.3) is 11.5 Å². The molecule has 1 aromatic carbocycles. The molecule has 0 aliphatic heterocycles. The molecule has 1 heterocycles. The molecule has 2 N–H and O–H groups in total. The number of nitrogens with two attached hydrogens (primary N) is 1. The molecule has 0 bridgehead atoms. The standard InChI is InChI=1S/C11H11BrN4O3/c1-2-9(13)11-15-14-10(19-11)6-3-7(12)5-8(4-6)16(17)18/h3-5,9H,2,13H2,1H3. The normalized spacial score (nSPS) is 12.4.